The fourth-order valence-corrected chi connectivity index (χ4v) is 2.00. The van der Waals surface area contributed by atoms with E-state index in [0.717, 1.165) is 16.5 Å². The highest BCUT2D eigenvalue weighted by molar-refractivity contribution is 5.87. The van der Waals surface area contributed by atoms with E-state index in [4.69, 9.17) is 9.15 Å². The van der Waals surface area contributed by atoms with Gasteiger partial charge < -0.3 is 9.15 Å². The second-order valence-corrected chi connectivity index (χ2v) is 4.26. The van der Waals surface area contributed by atoms with Gasteiger partial charge in [-0.15, -0.1) is 6.58 Å². The van der Waals surface area contributed by atoms with E-state index < -0.39 is 11.6 Å². The van der Waals surface area contributed by atoms with Gasteiger partial charge in [0.1, 0.15) is 0 Å². The van der Waals surface area contributed by atoms with E-state index >= 15 is 0 Å². The topological polar surface area (TPSA) is 56.5 Å². The molecule has 0 saturated heterocycles. The fourth-order valence-electron chi connectivity index (χ4n) is 2.00. The molecule has 0 fully saturated rings. The normalized spacial score (nSPS) is 10.4. The van der Waals surface area contributed by atoms with Crippen LogP contribution in [0.4, 0.5) is 0 Å². The molecule has 0 amide bonds. The van der Waals surface area contributed by atoms with Crippen LogP contribution in [0.5, 0.6) is 5.75 Å². The summed E-state index contributed by atoms with van der Waals surface area (Å²) in [5.74, 6) is -0.149. The second kappa shape index (κ2) is 5.10. The summed E-state index contributed by atoms with van der Waals surface area (Å²) in [7, 11) is 0. The van der Waals surface area contributed by atoms with Gasteiger partial charge in [0.05, 0.1) is 0 Å². The minimum Gasteiger partial charge on any atom is -0.422 e. The van der Waals surface area contributed by atoms with Gasteiger partial charge >= 0.3 is 11.6 Å². The van der Waals surface area contributed by atoms with Crippen molar-refractivity contribution in [2.45, 2.75) is 20.3 Å². The van der Waals surface area contributed by atoms with Gasteiger partial charge in [0.15, 0.2) is 11.3 Å². The Hall–Kier alpha value is -2.36. The summed E-state index contributed by atoms with van der Waals surface area (Å²) in [5, 5.41) is 0.723. The number of benzene rings is 1. The van der Waals surface area contributed by atoms with Crippen LogP contribution in [0.15, 0.2) is 40.1 Å². The van der Waals surface area contributed by atoms with Crippen molar-refractivity contribution in [1.82, 2.24) is 0 Å². The first-order valence-electron chi connectivity index (χ1n) is 5.88. The Kier molecular flexibility index (Phi) is 3.51. The Morgan fingerprint density at radius 3 is 2.84 bits per heavy atom. The minimum atomic E-state index is -0.477. The summed E-state index contributed by atoms with van der Waals surface area (Å²) in [5.41, 5.74) is 1.57. The smallest absolute Gasteiger partial charge is 0.336 e. The average Bonchev–Trinajstić information content (AvgIpc) is 2.34. The van der Waals surface area contributed by atoms with Gasteiger partial charge in [0.25, 0.3) is 0 Å². The number of ether oxygens (including phenoxy) is 1. The largest absolute Gasteiger partial charge is 0.422 e. The maximum absolute atomic E-state index is 11.3. The van der Waals surface area contributed by atoms with Gasteiger partial charge in [-0.25, -0.2) is 4.79 Å². The molecular formula is C15H14O4. The summed E-state index contributed by atoms with van der Waals surface area (Å²) in [6, 6.07) is 4.88. The maximum Gasteiger partial charge on any atom is 0.336 e. The number of carbonyl (C=O) groups is 1. The van der Waals surface area contributed by atoms with Crippen molar-refractivity contribution in [3.05, 3.63) is 52.4 Å². The van der Waals surface area contributed by atoms with Gasteiger partial charge in [-0.3, -0.25) is 4.79 Å². The van der Waals surface area contributed by atoms with Gasteiger partial charge in [0.2, 0.25) is 0 Å². The number of aryl methyl sites for hydroxylation is 1. The van der Waals surface area contributed by atoms with Crippen LogP contribution in [0.3, 0.4) is 0 Å². The van der Waals surface area contributed by atoms with Gasteiger partial charge in [-0.05, 0) is 31.0 Å². The van der Waals surface area contributed by atoms with Gasteiger partial charge in [-0.1, -0.05) is 6.08 Å². The van der Waals surface area contributed by atoms with Gasteiger partial charge in [0, 0.05) is 23.9 Å². The van der Waals surface area contributed by atoms with E-state index in [0.29, 0.717) is 17.8 Å². The predicted molar refractivity (Wildman–Crippen MR) is 72.4 cm³/mol. The molecule has 0 aliphatic rings. The van der Waals surface area contributed by atoms with Gasteiger partial charge in [-0.2, -0.15) is 0 Å². The van der Waals surface area contributed by atoms with Crippen LogP contribution in [0.1, 0.15) is 18.1 Å². The van der Waals surface area contributed by atoms with Crippen LogP contribution in [0, 0.1) is 6.92 Å². The summed E-state index contributed by atoms with van der Waals surface area (Å²) < 4.78 is 10.4. The van der Waals surface area contributed by atoms with Crippen molar-refractivity contribution in [2.75, 3.05) is 0 Å². The molecule has 2 rings (SSSR count). The van der Waals surface area contributed by atoms with Crippen molar-refractivity contribution < 1.29 is 13.9 Å². The molecule has 19 heavy (non-hydrogen) atoms. The fraction of sp³-hybridized carbons (Fsp3) is 0.200. The lowest BCUT2D eigenvalue weighted by Gasteiger charge is -2.12. The molecule has 0 radical (unpaired) electrons. The lowest BCUT2D eigenvalue weighted by molar-refractivity contribution is -0.131. The highest BCUT2D eigenvalue weighted by Gasteiger charge is 2.16. The molecule has 0 N–H and O–H groups in total. The molecule has 0 spiro atoms. The quantitative estimate of drug-likeness (QED) is 0.367. The first kappa shape index (κ1) is 13.1. The minimum absolute atomic E-state index is 0.296. The molecule has 4 heteroatoms. The Morgan fingerprint density at radius 1 is 1.47 bits per heavy atom. The van der Waals surface area contributed by atoms with Crippen molar-refractivity contribution in [2.24, 2.45) is 0 Å². The molecular weight excluding hydrogens is 244 g/mol. The molecule has 98 valence electrons. The van der Waals surface area contributed by atoms with E-state index in [1.807, 2.05) is 13.0 Å². The number of fused-ring (bicyclic) bond motifs is 1. The zero-order chi connectivity index (χ0) is 14.0. The van der Waals surface area contributed by atoms with Crippen LogP contribution >= 0.6 is 0 Å². The highest BCUT2D eigenvalue weighted by Crippen LogP contribution is 2.32. The Balaban J connectivity index is 2.83. The zero-order valence-electron chi connectivity index (χ0n) is 10.9. The first-order valence-corrected chi connectivity index (χ1v) is 5.88. The van der Waals surface area contributed by atoms with Crippen LogP contribution in [0.2, 0.25) is 0 Å². The van der Waals surface area contributed by atoms with Crippen molar-refractivity contribution >= 4 is 16.9 Å². The third-order valence-corrected chi connectivity index (χ3v) is 2.79. The summed E-state index contributed by atoms with van der Waals surface area (Å²) in [6.45, 7) is 6.91. The maximum atomic E-state index is 11.3. The number of hydrogen-bond donors (Lipinski definition) is 0. The van der Waals surface area contributed by atoms with Crippen LogP contribution < -0.4 is 10.4 Å². The van der Waals surface area contributed by atoms with Crippen LogP contribution in [-0.4, -0.2) is 5.97 Å². The third kappa shape index (κ3) is 2.57. The number of esters is 1. The number of hydrogen-bond acceptors (Lipinski definition) is 4. The SMILES string of the molecule is C=CCc1c(C)cc2ccc(=O)oc2c1OC(C)=O. The molecule has 0 atom stereocenters. The molecule has 0 bridgehead atoms. The summed E-state index contributed by atoms with van der Waals surface area (Å²) >= 11 is 0. The zero-order valence-corrected chi connectivity index (χ0v) is 10.9. The van der Waals surface area contributed by atoms with Crippen molar-refractivity contribution in [3.8, 4) is 5.75 Å². The third-order valence-electron chi connectivity index (χ3n) is 2.79. The molecule has 4 nitrogen and oxygen atoms in total. The second-order valence-electron chi connectivity index (χ2n) is 4.26. The summed E-state index contributed by atoms with van der Waals surface area (Å²) in [4.78, 5) is 22.6. The monoisotopic (exact) mass is 258 g/mol. The Labute approximate surface area is 110 Å². The molecule has 0 aliphatic heterocycles. The average molecular weight is 258 g/mol. The van der Waals surface area contributed by atoms with E-state index in [-0.39, 0.29) is 0 Å². The van der Waals surface area contributed by atoms with Crippen molar-refractivity contribution in [1.29, 1.82) is 0 Å². The first-order chi connectivity index (χ1) is 9.02. The number of rotatable bonds is 3. The molecule has 0 unspecified atom stereocenters. The molecule has 1 aromatic heterocycles. The molecule has 1 heterocycles. The van der Waals surface area contributed by atoms with Crippen molar-refractivity contribution in [3.63, 3.8) is 0 Å². The Morgan fingerprint density at radius 2 is 2.21 bits per heavy atom. The van der Waals surface area contributed by atoms with Crippen LogP contribution in [-0.2, 0) is 11.2 Å². The summed E-state index contributed by atoms with van der Waals surface area (Å²) in [6.07, 6.45) is 2.24. The highest BCUT2D eigenvalue weighted by atomic mass is 16.5. The molecule has 1 aromatic carbocycles. The molecule has 0 aliphatic carbocycles. The predicted octanol–water partition coefficient (Wildman–Crippen LogP) is 2.76. The Bertz CT molecular complexity index is 710. The molecule has 0 saturated carbocycles. The molecule has 2 aromatic rings. The van der Waals surface area contributed by atoms with E-state index in [2.05, 4.69) is 6.58 Å². The lowest BCUT2D eigenvalue weighted by Crippen LogP contribution is -2.07. The lowest BCUT2D eigenvalue weighted by atomic mass is 10.0. The van der Waals surface area contributed by atoms with E-state index in [1.54, 1.807) is 12.1 Å². The number of allylic oxidation sites excluding steroid dienone is 1. The number of carbonyl (C=O) groups excluding carboxylic acids is 1. The van der Waals surface area contributed by atoms with E-state index in [9.17, 15) is 9.59 Å². The standard InChI is InChI=1S/C15H14O4/c1-4-5-12-9(2)8-11-6-7-13(17)19-14(11)15(12)18-10(3)16/h4,6-8H,1,5H2,2-3H3. The van der Waals surface area contributed by atoms with Crippen LogP contribution in [0.25, 0.3) is 11.0 Å². The van der Waals surface area contributed by atoms with E-state index in [1.165, 1.54) is 13.0 Å².